The van der Waals surface area contributed by atoms with E-state index < -0.39 is 16.1 Å². The summed E-state index contributed by atoms with van der Waals surface area (Å²) in [5, 5.41) is 0. The number of piperazine rings is 1. The molecule has 2 rings (SSSR count). The minimum absolute atomic E-state index is 0.113. The van der Waals surface area contributed by atoms with Gasteiger partial charge in [-0.1, -0.05) is 0 Å². The Balaban J connectivity index is 1.95. The van der Waals surface area contributed by atoms with Crippen LogP contribution in [0.1, 0.15) is 6.92 Å². The zero-order valence-electron chi connectivity index (χ0n) is 15.8. The highest BCUT2D eigenvalue weighted by molar-refractivity contribution is 7.89. The Kier molecular flexibility index (Phi) is 7.03. The number of methoxy groups -OCH3 is 1. The number of rotatable bonds is 6. The van der Waals surface area contributed by atoms with Gasteiger partial charge in [0.2, 0.25) is 15.9 Å². The van der Waals surface area contributed by atoms with Crippen LogP contribution >= 0.6 is 0 Å². The summed E-state index contributed by atoms with van der Waals surface area (Å²) in [6.45, 7) is 3.18. The molecule has 10 heteroatoms. The minimum atomic E-state index is -3.63. The standard InChI is InChI=1S/C17H25N3O6S/c1-4-26-14-5-7-15(8-6-14)27(23,24)20-11-9-19(10-12-20)16(21)13-18(2)17(22)25-3/h5-8H,4,9-13H2,1-3H3. The van der Waals surface area contributed by atoms with Crippen LogP contribution in [0.2, 0.25) is 0 Å². The average Bonchev–Trinajstić information content (AvgIpc) is 2.68. The fourth-order valence-electron chi connectivity index (χ4n) is 2.72. The third kappa shape index (κ3) is 5.10. The van der Waals surface area contributed by atoms with Crippen molar-refractivity contribution in [3.63, 3.8) is 0 Å². The first-order valence-electron chi connectivity index (χ1n) is 8.59. The topological polar surface area (TPSA) is 96.5 Å². The van der Waals surface area contributed by atoms with E-state index in [1.807, 2.05) is 6.92 Å². The maximum atomic E-state index is 12.8. The van der Waals surface area contributed by atoms with Gasteiger partial charge in [0, 0.05) is 33.2 Å². The van der Waals surface area contributed by atoms with Crippen LogP contribution in [-0.2, 0) is 19.6 Å². The monoisotopic (exact) mass is 399 g/mol. The number of ether oxygens (including phenoxy) is 2. The number of nitrogens with zero attached hydrogens (tertiary/aromatic N) is 3. The summed E-state index contributed by atoms with van der Waals surface area (Å²) in [6, 6.07) is 6.28. The van der Waals surface area contributed by atoms with E-state index in [4.69, 9.17) is 4.74 Å². The highest BCUT2D eigenvalue weighted by Crippen LogP contribution is 2.21. The highest BCUT2D eigenvalue weighted by Gasteiger charge is 2.30. The number of benzene rings is 1. The fraction of sp³-hybridized carbons (Fsp3) is 0.529. The van der Waals surface area contributed by atoms with Crippen molar-refractivity contribution in [2.75, 3.05) is 53.5 Å². The van der Waals surface area contributed by atoms with Gasteiger partial charge in [0.05, 0.1) is 18.6 Å². The molecule has 1 aromatic carbocycles. The number of likely N-dealkylation sites (N-methyl/N-ethyl adjacent to an activating group) is 1. The van der Waals surface area contributed by atoms with Crippen molar-refractivity contribution in [3.8, 4) is 5.75 Å². The van der Waals surface area contributed by atoms with Crippen molar-refractivity contribution < 1.29 is 27.5 Å². The Morgan fingerprint density at radius 1 is 1.11 bits per heavy atom. The van der Waals surface area contributed by atoms with Gasteiger partial charge in [-0.3, -0.25) is 4.79 Å². The van der Waals surface area contributed by atoms with Crippen molar-refractivity contribution in [1.29, 1.82) is 0 Å². The lowest BCUT2D eigenvalue weighted by Crippen LogP contribution is -2.52. The van der Waals surface area contributed by atoms with E-state index in [1.54, 1.807) is 17.0 Å². The van der Waals surface area contributed by atoms with Gasteiger partial charge in [0.1, 0.15) is 12.3 Å². The summed E-state index contributed by atoms with van der Waals surface area (Å²) in [4.78, 5) is 26.5. The summed E-state index contributed by atoms with van der Waals surface area (Å²) < 4.78 is 36.7. The van der Waals surface area contributed by atoms with Crippen LogP contribution in [0.4, 0.5) is 4.79 Å². The Labute approximate surface area is 159 Å². The van der Waals surface area contributed by atoms with Crippen LogP contribution in [0, 0.1) is 0 Å². The third-order valence-corrected chi connectivity index (χ3v) is 6.14. The summed E-state index contributed by atoms with van der Waals surface area (Å²) in [5.74, 6) is 0.364. The number of hydrogen-bond acceptors (Lipinski definition) is 6. The van der Waals surface area contributed by atoms with Crippen molar-refractivity contribution in [1.82, 2.24) is 14.1 Å². The van der Waals surface area contributed by atoms with E-state index in [-0.39, 0.29) is 43.5 Å². The molecule has 1 aliphatic heterocycles. The smallest absolute Gasteiger partial charge is 0.409 e. The van der Waals surface area contributed by atoms with E-state index in [1.165, 1.54) is 35.5 Å². The van der Waals surface area contributed by atoms with E-state index in [9.17, 15) is 18.0 Å². The van der Waals surface area contributed by atoms with Gasteiger partial charge in [-0.2, -0.15) is 4.31 Å². The van der Waals surface area contributed by atoms with Gasteiger partial charge >= 0.3 is 6.09 Å². The molecule has 0 unspecified atom stereocenters. The van der Waals surface area contributed by atoms with E-state index in [2.05, 4.69) is 4.74 Å². The van der Waals surface area contributed by atoms with Gasteiger partial charge in [-0.05, 0) is 31.2 Å². The molecule has 0 saturated carbocycles. The molecule has 0 N–H and O–H groups in total. The maximum Gasteiger partial charge on any atom is 0.409 e. The number of carbonyl (C=O) groups is 2. The number of amides is 2. The predicted octanol–water partition coefficient (Wildman–Crippen LogP) is 0.616. The molecule has 0 aliphatic carbocycles. The summed E-state index contributed by atoms with van der Waals surface area (Å²) in [6.07, 6.45) is -0.597. The second-order valence-corrected chi connectivity index (χ2v) is 7.95. The first-order chi connectivity index (χ1) is 12.8. The summed E-state index contributed by atoms with van der Waals surface area (Å²) in [7, 11) is -0.916. The predicted molar refractivity (Wildman–Crippen MR) is 98.0 cm³/mol. The Hall–Kier alpha value is -2.33. The third-order valence-electron chi connectivity index (χ3n) is 4.22. The maximum absolute atomic E-state index is 12.8. The van der Waals surface area contributed by atoms with Gasteiger partial charge in [-0.25, -0.2) is 13.2 Å². The molecular weight excluding hydrogens is 374 g/mol. The summed E-state index contributed by atoms with van der Waals surface area (Å²) >= 11 is 0. The van der Waals surface area contributed by atoms with Crippen LogP contribution in [0.25, 0.3) is 0 Å². The molecule has 2 amide bonds. The molecule has 150 valence electrons. The molecule has 9 nitrogen and oxygen atoms in total. The number of carbonyl (C=O) groups excluding carboxylic acids is 2. The molecule has 0 radical (unpaired) electrons. The number of hydrogen-bond donors (Lipinski definition) is 0. The first-order valence-corrected chi connectivity index (χ1v) is 10.0. The molecule has 1 saturated heterocycles. The molecule has 0 spiro atoms. The van der Waals surface area contributed by atoms with Crippen LogP contribution in [0.15, 0.2) is 29.2 Å². The zero-order chi connectivity index (χ0) is 20.0. The molecule has 1 fully saturated rings. The molecule has 0 aromatic heterocycles. The lowest BCUT2D eigenvalue weighted by Gasteiger charge is -2.34. The molecule has 0 atom stereocenters. The van der Waals surface area contributed by atoms with Crippen LogP contribution < -0.4 is 4.74 Å². The second-order valence-electron chi connectivity index (χ2n) is 6.02. The van der Waals surface area contributed by atoms with Crippen LogP contribution in [0.3, 0.4) is 0 Å². The Morgan fingerprint density at radius 2 is 1.70 bits per heavy atom. The molecular formula is C17H25N3O6S. The van der Waals surface area contributed by atoms with Crippen molar-refractivity contribution >= 4 is 22.0 Å². The quantitative estimate of drug-likeness (QED) is 0.696. The molecule has 1 aromatic rings. The average molecular weight is 399 g/mol. The van der Waals surface area contributed by atoms with E-state index >= 15 is 0 Å². The highest BCUT2D eigenvalue weighted by atomic mass is 32.2. The zero-order valence-corrected chi connectivity index (χ0v) is 16.6. The van der Waals surface area contributed by atoms with Gasteiger partial charge in [0.15, 0.2) is 0 Å². The van der Waals surface area contributed by atoms with Crippen molar-refractivity contribution in [2.24, 2.45) is 0 Å². The SMILES string of the molecule is CCOc1ccc(S(=O)(=O)N2CCN(C(=O)CN(C)C(=O)OC)CC2)cc1. The molecule has 0 bridgehead atoms. The van der Waals surface area contributed by atoms with E-state index in [0.717, 1.165) is 0 Å². The fourth-order valence-corrected chi connectivity index (χ4v) is 4.15. The Morgan fingerprint density at radius 3 is 2.22 bits per heavy atom. The van der Waals surface area contributed by atoms with Crippen molar-refractivity contribution in [2.45, 2.75) is 11.8 Å². The second kappa shape index (κ2) is 9.05. The van der Waals surface area contributed by atoms with Gasteiger partial charge in [-0.15, -0.1) is 0 Å². The molecule has 1 heterocycles. The lowest BCUT2D eigenvalue weighted by atomic mass is 10.3. The number of sulfonamides is 1. The Bertz CT molecular complexity index is 757. The molecule has 27 heavy (non-hydrogen) atoms. The van der Waals surface area contributed by atoms with E-state index in [0.29, 0.717) is 12.4 Å². The van der Waals surface area contributed by atoms with Gasteiger partial charge < -0.3 is 19.3 Å². The summed E-state index contributed by atoms with van der Waals surface area (Å²) in [5.41, 5.74) is 0. The van der Waals surface area contributed by atoms with Crippen LogP contribution in [0.5, 0.6) is 5.75 Å². The first kappa shape index (κ1) is 21.0. The van der Waals surface area contributed by atoms with Gasteiger partial charge in [0.25, 0.3) is 0 Å². The normalized spacial score (nSPS) is 15.3. The van der Waals surface area contributed by atoms with Crippen LogP contribution in [-0.4, -0.2) is 88.0 Å². The lowest BCUT2D eigenvalue weighted by molar-refractivity contribution is -0.133. The largest absolute Gasteiger partial charge is 0.494 e. The minimum Gasteiger partial charge on any atom is -0.494 e. The van der Waals surface area contributed by atoms with Crippen molar-refractivity contribution in [3.05, 3.63) is 24.3 Å². The molecule has 1 aliphatic rings.